The second-order valence-corrected chi connectivity index (χ2v) is 9.12. The molecule has 0 bridgehead atoms. The van der Waals surface area contributed by atoms with Gasteiger partial charge in [-0.2, -0.15) is 4.31 Å². The molecule has 5 atom stereocenters. The van der Waals surface area contributed by atoms with E-state index in [2.05, 4.69) is 14.3 Å². The number of hydrogen-bond acceptors (Lipinski definition) is 11. The first-order valence-corrected chi connectivity index (χ1v) is 10.9. The molecule has 3 heterocycles. The molecule has 2 aromatic rings. The highest BCUT2D eigenvalue weighted by atomic mass is 31.3. The van der Waals surface area contributed by atoms with Crippen LogP contribution in [0.1, 0.15) is 13.2 Å². The molecule has 17 heteroatoms. The third kappa shape index (κ3) is 4.15. The number of phosphoric ester groups is 1. The Labute approximate surface area is 162 Å². The van der Waals surface area contributed by atoms with Gasteiger partial charge in [-0.05, 0) is 6.92 Å². The minimum Gasteiger partial charge on any atom is -0.401 e. The largest absolute Gasteiger partial charge is 0.536 e. The van der Waals surface area contributed by atoms with Crippen molar-refractivity contribution in [1.82, 2.24) is 14.5 Å². The zero-order valence-electron chi connectivity index (χ0n) is 14.6. The maximum absolute atomic E-state index is 11.9. The van der Waals surface area contributed by atoms with Crippen LogP contribution in [0.3, 0.4) is 0 Å². The van der Waals surface area contributed by atoms with Gasteiger partial charge in [0.25, 0.3) is 0 Å². The van der Waals surface area contributed by atoms with Crippen molar-refractivity contribution in [3.63, 3.8) is 0 Å². The second-order valence-electron chi connectivity index (χ2n) is 6.37. The number of phosphoric acid groups is 2. The highest BCUT2D eigenvalue weighted by Crippen LogP contribution is 2.58. The van der Waals surface area contributed by atoms with Crippen LogP contribution in [0, 0.1) is 0 Å². The lowest BCUT2D eigenvalue weighted by Crippen LogP contribution is -2.44. The van der Waals surface area contributed by atoms with Gasteiger partial charge >= 0.3 is 15.6 Å². The van der Waals surface area contributed by atoms with Gasteiger partial charge in [0, 0.05) is 0 Å². The minimum absolute atomic E-state index is 0.0697. The first-order valence-electron chi connectivity index (χ1n) is 7.84. The Morgan fingerprint density at radius 3 is 2.55 bits per heavy atom. The van der Waals surface area contributed by atoms with E-state index in [1.54, 1.807) is 0 Å². The number of anilines is 1. The van der Waals surface area contributed by atoms with Crippen LogP contribution in [0.15, 0.2) is 12.5 Å². The van der Waals surface area contributed by atoms with Crippen LogP contribution in [-0.4, -0.2) is 69.0 Å². The summed E-state index contributed by atoms with van der Waals surface area (Å²) < 4.78 is 37.9. The number of aliphatic hydroxyl groups is 3. The van der Waals surface area contributed by atoms with Crippen LogP contribution in [0.5, 0.6) is 5.75 Å². The standard InChI is InChI=1S/C12H18N4O11P2/c1-12(19)8(18)6(3-17)25-11(12)16-2-5(7-9(13)14-4-15-10(7)16)26-29(23,24)27-28(20,21)22/h2,4,6,8,11,17-19H,3H2,1H3,(H,23,24)(H2,13,14,15)(H2,20,21,22)/t6-,8-,11-,12-/m1/s1. The Bertz CT molecular complexity index is 1020. The lowest BCUT2D eigenvalue weighted by molar-refractivity contribution is -0.0948. The van der Waals surface area contributed by atoms with Gasteiger partial charge in [-0.25, -0.2) is 19.1 Å². The number of fused-ring (bicyclic) bond motifs is 1. The van der Waals surface area contributed by atoms with E-state index < -0.39 is 52.0 Å². The van der Waals surface area contributed by atoms with Crippen LogP contribution < -0.4 is 10.3 Å². The van der Waals surface area contributed by atoms with Crippen molar-refractivity contribution in [2.24, 2.45) is 0 Å². The predicted molar refractivity (Wildman–Crippen MR) is 93.1 cm³/mol. The van der Waals surface area contributed by atoms with E-state index in [4.69, 9.17) is 24.8 Å². The van der Waals surface area contributed by atoms with Gasteiger partial charge in [-0.1, -0.05) is 0 Å². The maximum Gasteiger partial charge on any atom is 0.536 e. The van der Waals surface area contributed by atoms with Crippen molar-refractivity contribution in [2.45, 2.75) is 31.0 Å². The lowest BCUT2D eigenvalue weighted by Gasteiger charge is -2.27. The van der Waals surface area contributed by atoms with E-state index in [0.29, 0.717) is 0 Å². The Hall–Kier alpha value is -1.64. The zero-order chi connectivity index (χ0) is 21.8. The first-order chi connectivity index (χ1) is 13.3. The fourth-order valence-electron chi connectivity index (χ4n) is 2.99. The Morgan fingerprint density at radius 1 is 1.34 bits per heavy atom. The van der Waals surface area contributed by atoms with Crippen LogP contribution in [0.4, 0.5) is 5.82 Å². The molecule has 1 aliphatic rings. The van der Waals surface area contributed by atoms with Gasteiger partial charge in [-0.3, -0.25) is 9.46 Å². The van der Waals surface area contributed by atoms with Crippen LogP contribution in [0.25, 0.3) is 11.0 Å². The summed E-state index contributed by atoms with van der Waals surface area (Å²) in [5.41, 5.74) is 3.75. The quantitative estimate of drug-likeness (QED) is 0.248. The smallest absolute Gasteiger partial charge is 0.401 e. The molecule has 0 radical (unpaired) electrons. The number of aliphatic hydroxyl groups excluding tert-OH is 2. The Kier molecular flexibility index (Phi) is 5.51. The molecule has 8 N–H and O–H groups in total. The molecule has 2 aromatic heterocycles. The number of hydrogen-bond donors (Lipinski definition) is 7. The van der Waals surface area contributed by atoms with E-state index in [1.807, 2.05) is 0 Å². The molecule has 3 rings (SSSR count). The highest BCUT2D eigenvalue weighted by Gasteiger charge is 2.53. The number of nitrogens with zero attached hydrogens (tertiary/aromatic N) is 3. The van der Waals surface area contributed by atoms with Crippen molar-refractivity contribution >= 4 is 32.5 Å². The molecule has 0 spiro atoms. The summed E-state index contributed by atoms with van der Waals surface area (Å²) in [7, 11) is -10.7. The minimum atomic E-state index is -5.38. The molecule has 162 valence electrons. The van der Waals surface area contributed by atoms with Crippen molar-refractivity contribution in [3.05, 3.63) is 12.5 Å². The molecule has 0 aliphatic carbocycles. The third-order valence-electron chi connectivity index (χ3n) is 4.21. The van der Waals surface area contributed by atoms with Crippen LogP contribution >= 0.6 is 15.6 Å². The molecule has 0 aromatic carbocycles. The lowest BCUT2D eigenvalue weighted by atomic mass is 9.96. The third-order valence-corrected chi connectivity index (χ3v) is 6.32. The molecule has 29 heavy (non-hydrogen) atoms. The predicted octanol–water partition coefficient (Wildman–Crippen LogP) is -1.40. The normalized spacial score (nSPS) is 29.8. The van der Waals surface area contributed by atoms with Crippen molar-refractivity contribution in [2.75, 3.05) is 12.3 Å². The number of ether oxygens (including phenoxy) is 1. The average Bonchev–Trinajstić information content (AvgIpc) is 3.01. The van der Waals surface area contributed by atoms with Gasteiger partial charge in [0.2, 0.25) is 0 Å². The molecule has 1 unspecified atom stereocenters. The van der Waals surface area contributed by atoms with Crippen LogP contribution in [-0.2, 0) is 18.2 Å². The number of rotatable bonds is 6. The summed E-state index contributed by atoms with van der Waals surface area (Å²) in [5.74, 6) is -0.754. The molecule has 0 saturated carbocycles. The van der Waals surface area contributed by atoms with Gasteiger partial charge in [0.15, 0.2) is 17.6 Å². The van der Waals surface area contributed by atoms with Crippen molar-refractivity contribution in [1.29, 1.82) is 0 Å². The molecule has 1 aliphatic heterocycles. The molecule has 0 amide bonds. The first kappa shape index (κ1) is 22.1. The van der Waals surface area contributed by atoms with E-state index in [1.165, 1.54) is 6.92 Å². The molecule has 15 nitrogen and oxygen atoms in total. The summed E-state index contributed by atoms with van der Waals surface area (Å²) in [6.45, 7) is 0.609. The van der Waals surface area contributed by atoms with E-state index in [0.717, 1.165) is 17.1 Å². The van der Waals surface area contributed by atoms with E-state index >= 15 is 0 Å². The molecule has 1 saturated heterocycles. The Balaban J connectivity index is 2.11. The number of aromatic nitrogens is 3. The second kappa shape index (κ2) is 7.25. The summed E-state index contributed by atoms with van der Waals surface area (Å²) in [6.07, 6.45) is -1.98. The molecule has 1 fully saturated rings. The summed E-state index contributed by atoms with van der Waals surface area (Å²) >= 11 is 0. The summed E-state index contributed by atoms with van der Waals surface area (Å²) in [6, 6.07) is 0. The van der Waals surface area contributed by atoms with Crippen molar-refractivity contribution < 1.29 is 52.7 Å². The van der Waals surface area contributed by atoms with Crippen LogP contribution in [0.2, 0.25) is 0 Å². The number of nitrogens with two attached hydrogens (primary N) is 1. The highest BCUT2D eigenvalue weighted by molar-refractivity contribution is 7.60. The Morgan fingerprint density at radius 2 is 2.00 bits per heavy atom. The summed E-state index contributed by atoms with van der Waals surface area (Å²) in [4.78, 5) is 34.8. The van der Waals surface area contributed by atoms with Gasteiger partial charge in [-0.15, -0.1) is 0 Å². The van der Waals surface area contributed by atoms with E-state index in [9.17, 15) is 29.3 Å². The maximum atomic E-state index is 11.9. The monoisotopic (exact) mass is 456 g/mol. The zero-order valence-corrected chi connectivity index (χ0v) is 16.4. The average molecular weight is 456 g/mol. The fraction of sp³-hybridized carbons (Fsp3) is 0.500. The summed E-state index contributed by atoms with van der Waals surface area (Å²) in [5, 5.41) is 30.0. The number of nitrogen functional groups attached to an aromatic ring is 1. The van der Waals surface area contributed by atoms with E-state index in [-0.39, 0.29) is 16.9 Å². The fourth-order valence-corrected chi connectivity index (χ4v) is 4.58. The van der Waals surface area contributed by atoms with Gasteiger partial charge in [0.1, 0.15) is 35.3 Å². The van der Waals surface area contributed by atoms with Gasteiger partial charge < -0.3 is 40.1 Å². The van der Waals surface area contributed by atoms with Crippen molar-refractivity contribution in [3.8, 4) is 5.75 Å². The topological polar surface area (TPSA) is 240 Å². The SMILES string of the molecule is C[C@@]1(O)[C@H](O)[C@@H](CO)O[C@H]1n1cc(OP(=O)(O)OP(=O)(O)O)c2c(N)ncnc21. The molecular weight excluding hydrogens is 438 g/mol. The van der Waals surface area contributed by atoms with Gasteiger partial charge in [0.05, 0.1) is 12.8 Å². The molecular formula is C12H18N4O11P2.